The first-order valence-corrected chi connectivity index (χ1v) is 10.3. The van der Waals surface area contributed by atoms with Gasteiger partial charge in [-0.15, -0.1) is 11.3 Å². The number of nitrogens with one attached hydrogen (secondary N) is 3. The van der Waals surface area contributed by atoms with Crippen LogP contribution in [-0.4, -0.2) is 71.8 Å². The van der Waals surface area contributed by atoms with Crippen LogP contribution < -0.4 is 15.2 Å². The van der Waals surface area contributed by atoms with E-state index in [1.807, 2.05) is 6.07 Å². The Morgan fingerprint density at radius 2 is 2.07 bits per heavy atom. The maximum Gasteiger partial charge on any atom is 0.419 e. The molecule has 3 heterocycles. The lowest BCUT2D eigenvalue weighted by Crippen LogP contribution is -2.71. The number of hydrogen-bond donors (Lipinski definition) is 3. The number of likely N-dealkylation sites (N-methyl/N-ethyl adjacent to an activating group) is 1. The number of aromatic nitrogens is 3. The zero-order valence-corrected chi connectivity index (χ0v) is 17.3. The van der Waals surface area contributed by atoms with Gasteiger partial charge < -0.3 is 15.1 Å². The summed E-state index contributed by atoms with van der Waals surface area (Å²) >= 11 is 1.35. The summed E-state index contributed by atoms with van der Waals surface area (Å²) in [6.45, 7) is 7.14. The van der Waals surface area contributed by atoms with Crippen LogP contribution in [0.4, 0.5) is 11.4 Å². The van der Waals surface area contributed by atoms with Crippen LogP contribution in [0.3, 0.4) is 0 Å². The molecular weight excluding hydrogens is 402 g/mol. The summed E-state index contributed by atoms with van der Waals surface area (Å²) < 4.78 is 0. The van der Waals surface area contributed by atoms with Gasteiger partial charge in [-0.05, 0) is 25.2 Å². The van der Waals surface area contributed by atoms with E-state index >= 15 is 0 Å². The van der Waals surface area contributed by atoms with Gasteiger partial charge >= 0.3 is 5.91 Å². The Hall–Kier alpha value is -3.37. The SMILES string of the molecule is C=[NH+]C(=O)c1cc(N2CCN(C)CC2)ccc1NC(=O)c1csc(-c2cn[nH]c2)n1. The number of hydrogen-bond acceptors (Lipinski definition) is 7. The van der Waals surface area contributed by atoms with E-state index in [1.165, 1.54) is 11.3 Å². The second kappa shape index (κ2) is 8.56. The first kappa shape index (κ1) is 19.9. The molecular formula is C20H22N7O2S+. The number of carbonyl (C=O) groups excluding carboxylic acids is 2. The standard InChI is InChI=1S/C20H21N7O2S/c1-21-18(28)15-9-14(27-7-5-26(2)6-8-27)3-4-16(15)24-19(29)17-12-30-20(25-17)13-10-22-23-11-13/h3-4,9-12H,1,5-8H2,2H3,(H,22,23)(H,24,29)/p+1. The van der Waals surface area contributed by atoms with Gasteiger partial charge in [0.1, 0.15) is 23.0 Å². The number of benzene rings is 1. The van der Waals surface area contributed by atoms with Gasteiger partial charge in [-0.2, -0.15) is 10.1 Å². The number of aromatic amines is 1. The lowest BCUT2D eigenvalue weighted by atomic mass is 10.1. The van der Waals surface area contributed by atoms with Crippen LogP contribution in [0.2, 0.25) is 0 Å². The molecule has 1 fully saturated rings. The quantitative estimate of drug-likeness (QED) is 0.514. The zero-order chi connectivity index (χ0) is 21.1. The van der Waals surface area contributed by atoms with Crippen LogP contribution in [0.25, 0.3) is 10.6 Å². The number of amides is 2. The Morgan fingerprint density at radius 3 is 2.77 bits per heavy atom. The van der Waals surface area contributed by atoms with Gasteiger partial charge in [-0.3, -0.25) is 9.89 Å². The average molecular weight is 425 g/mol. The highest BCUT2D eigenvalue weighted by Crippen LogP contribution is 2.26. The Kier molecular flexibility index (Phi) is 5.68. The molecule has 1 saturated heterocycles. The van der Waals surface area contributed by atoms with E-state index in [1.54, 1.807) is 29.9 Å². The van der Waals surface area contributed by atoms with Gasteiger partial charge in [0, 0.05) is 49.0 Å². The molecule has 0 spiro atoms. The van der Waals surface area contributed by atoms with Gasteiger partial charge in [-0.1, -0.05) is 0 Å². The summed E-state index contributed by atoms with van der Waals surface area (Å²) in [5, 5.41) is 11.8. The minimum atomic E-state index is -0.383. The van der Waals surface area contributed by atoms with E-state index in [0.717, 1.165) is 37.4 Å². The monoisotopic (exact) mass is 424 g/mol. The van der Waals surface area contributed by atoms with Crippen molar-refractivity contribution in [3.05, 3.63) is 47.2 Å². The number of nitrogens with zero attached hydrogens (tertiary/aromatic N) is 4. The highest BCUT2D eigenvalue weighted by atomic mass is 32.1. The van der Waals surface area contributed by atoms with Gasteiger partial charge in [0.05, 0.1) is 11.9 Å². The molecule has 2 amide bonds. The van der Waals surface area contributed by atoms with Crippen LogP contribution >= 0.6 is 11.3 Å². The van der Waals surface area contributed by atoms with Crippen molar-refractivity contribution in [1.82, 2.24) is 20.1 Å². The first-order chi connectivity index (χ1) is 14.5. The van der Waals surface area contributed by atoms with Crippen molar-refractivity contribution in [1.29, 1.82) is 0 Å². The van der Waals surface area contributed by atoms with Crippen molar-refractivity contribution in [3.8, 4) is 10.6 Å². The molecule has 0 aliphatic carbocycles. The predicted molar refractivity (Wildman–Crippen MR) is 116 cm³/mol. The summed E-state index contributed by atoms with van der Waals surface area (Å²) in [5.41, 5.74) is 2.81. The number of thiazole rings is 1. The van der Waals surface area contributed by atoms with Crippen LogP contribution in [-0.2, 0) is 0 Å². The maximum atomic E-state index is 12.7. The molecule has 2 aromatic heterocycles. The third kappa shape index (κ3) is 4.14. The van der Waals surface area contributed by atoms with E-state index in [4.69, 9.17) is 0 Å². The molecule has 3 N–H and O–H groups in total. The van der Waals surface area contributed by atoms with Crippen molar-refractivity contribution in [2.45, 2.75) is 0 Å². The Bertz CT molecular complexity index is 1070. The van der Waals surface area contributed by atoms with Crippen molar-refractivity contribution in [2.24, 2.45) is 0 Å². The van der Waals surface area contributed by atoms with E-state index < -0.39 is 0 Å². The van der Waals surface area contributed by atoms with Gasteiger partial charge in [0.25, 0.3) is 5.91 Å². The van der Waals surface area contributed by atoms with E-state index in [9.17, 15) is 9.59 Å². The fourth-order valence-corrected chi connectivity index (χ4v) is 4.03. The van der Waals surface area contributed by atoms with Crippen LogP contribution in [0.15, 0.2) is 36.0 Å². The molecule has 30 heavy (non-hydrogen) atoms. The number of H-pyrrole nitrogens is 1. The lowest BCUT2D eigenvalue weighted by Gasteiger charge is -2.34. The fraction of sp³-hybridized carbons (Fsp3) is 0.250. The summed E-state index contributed by atoms with van der Waals surface area (Å²) in [4.78, 5) is 36.4. The van der Waals surface area contributed by atoms with Gasteiger partial charge in [-0.25, -0.2) is 9.78 Å². The Labute approximate surface area is 177 Å². The Morgan fingerprint density at radius 1 is 1.27 bits per heavy atom. The summed E-state index contributed by atoms with van der Waals surface area (Å²) in [6, 6.07) is 5.46. The number of carbonyl (C=O) groups is 2. The molecule has 1 aromatic carbocycles. The summed E-state index contributed by atoms with van der Waals surface area (Å²) in [5.74, 6) is -0.745. The van der Waals surface area contributed by atoms with Crippen LogP contribution in [0.1, 0.15) is 20.8 Å². The minimum absolute atomic E-state index is 0.278. The smallest absolute Gasteiger partial charge is 0.369 e. The molecule has 3 aromatic rings. The number of rotatable bonds is 5. The molecule has 4 rings (SSSR count). The minimum Gasteiger partial charge on any atom is -0.369 e. The summed E-state index contributed by atoms with van der Waals surface area (Å²) in [6.07, 6.45) is 3.36. The largest absolute Gasteiger partial charge is 0.419 e. The van der Waals surface area contributed by atoms with E-state index in [0.29, 0.717) is 16.3 Å². The molecule has 0 saturated carbocycles. The van der Waals surface area contributed by atoms with Crippen molar-refractivity contribution < 1.29 is 14.6 Å². The first-order valence-electron chi connectivity index (χ1n) is 9.46. The highest BCUT2D eigenvalue weighted by Gasteiger charge is 2.22. The number of piperazine rings is 1. The molecule has 10 heteroatoms. The normalized spacial score (nSPS) is 14.5. The van der Waals surface area contributed by atoms with Gasteiger partial charge in [0.2, 0.25) is 0 Å². The third-order valence-corrected chi connectivity index (χ3v) is 5.90. The molecule has 0 unspecified atom stereocenters. The van der Waals surface area contributed by atoms with E-state index in [2.05, 4.69) is 49.1 Å². The maximum absolute atomic E-state index is 12.7. The van der Waals surface area contributed by atoms with E-state index in [-0.39, 0.29) is 17.5 Å². The molecule has 0 bridgehead atoms. The van der Waals surface area contributed by atoms with Crippen molar-refractivity contribution >= 4 is 41.2 Å². The predicted octanol–water partition coefficient (Wildman–Crippen LogP) is 0.459. The third-order valence-electron chi connectivity index (χ3n) is 5.01. The molecule has 1 aliphatic rings. The van der Waals surface area contributed by atoms with Crippen molar-refractivity contribution in [3.63, 3.8) is 0 Å². The zero-order valence-electron chi connectivity index (χ0n) is 16.5. The average Bonchev–Trinajstić information content (AvgIpc) is 3.46. The molecule has 154 valence electrons. The molecule has 9 nitrogen and oxygen atoms in total. The van der Waals surface area contributed by atoms with Crippen LogP contribution in [0, 0.1) is 0 Å². The number of anilines is 2. The van der Waals surface area contributed by atoms with Crippen molar-refractivity contribution in [2.75, 3.05) is 43.4 Å². The lowest BCUT2D eigenvalue weighted by molar-refractivity contribution is -0.334. The second-order valence-electron chi connectivity index (χ2n) is 7.01. The highest BCUT2D eigenvalue weighted by molar-refractivity contribution is 7.13. The van der Waals surface area contributed by atoms with Crippen LogP contribution in [0.5, 0.6) is 0 Å². The molecule has 1 aliphatic heterocycles. The Balaban J connectivity index is 1.56. The van der Waals surface area contributed by atoms with Gasteiger partial charge in [0.15, 0.2) is 0 Å². The fourth-order valence-electron chi connectivity index (χ4n) is 3.25. The second-order valence-corrected chi connectivity index (χ2v) is 7.86. The topological polar surface area (TPSA) is 108 Å². The molecule has 0 atom stereocenters. The summed E-state index contributed by atoms with van der Waals surface area (Å²) in [7, 11) is 2.09. The molecule has 0 radical (unpaired) electrons.